The van der Waals surface area contributed by atoms with Crippen molar-refractivity contribution >= 4 is 10.8 Å². The quantitative estimate of drug-likeness (QED) is 0.915. The van der Waals surface area contributed by atoms with Gasteiger partial charge >= 0.3 is 0 Å². The van der Waals surface area contributed by atoms with Crippen LogP contribution in [-0.2, 0) is 0 Å². The number of pyridine rings is 1. The van der Waals surface area contributed by atoms with Gasteiger partial charge in [0.05, 0.1) is 5.69 Å². The highest BCUT2D eigenvalue weighted by atomic mass is 15.1. The Balaban J connectivity index is 1.82. The van der Waals surface area contributed by atoms with Gasteiger partial charge in [0.25, 0.3) is 0 Å². The van der Waals surface area contributed by atoms with Gasteiger partial charge in [-0.1, -0.05) is 24.3 Å². The molecule has 3 heteroatoms. The second-order valence-corrected chi connectivity index (χ2v) is 5.32. The minimum atomic E-state index is 0.597. The zero-order valence-corrected chi connectivity index (χ0v) is 11.3. The second kappa shape index (κ2) is 5.68. The van der Waals surface area contributed by atoms with Crippen LogP contribution >= 0.6 is 0 Å². The lowest BCUT2D eigenvalue weighted by molar-refractivity contribution is 0.217. The highest BCUT2D eigenvalue weighted by Crippen LogP contribution is 2.31. The summed E-state index contributed by atoms with van der Waals surface area (Å²) in [5.74, 6) is 0.597. The van der Waals surface area contributed by atoms with Gasteiger partial charge in [0, 0.05) is 30.6 Å². The highest BCUT2D eigenvalue weighted by Gasteiger charge is 2.22. The topological polar surface area (TPSA) is 42.1 Å². The van der Waals surface area contributed by atoms with Crippen molar-refractivity contribution in [1.82, 2.24) is 9.88 Å². The molecule has 0 radical (unpaired) electrons. The van der Waals surface area contributed by atoms with Crippen LogP contribution in [0.3, 0.4) is 0 Å². The van der Waals surface area contributed by atoms with Crippen molar-refractivity contribution in [3.05, 3.63) is 42.2 Å². The molecule has 3 nitrogen and oxygen atoms in total. The molecule has 0 bridgehead atoms. The SMILES string of the molecule is NCCN1CCC(c2nccc3ccccc23)CC1. The van der Waals surface area contributed by atoms with Crippen LogP contribution in [0.1, 0.15) is 24.5 Å². The monoisotopic (exact) mass is 255 g/mol. The third-order valence-electron chi connectivity index (χ3n) is 4.12. The minimum absolute atomic E-state index is 0.597. The van der Waals surface area contributed by atoms with E-state index in [1.54, 1.807) is 0 Å². The maximum Gasteiger partial charge on any atom is 0.0513 e. The number of rotatable bonds is 3. The molecule has 0 saturated carbocycles. The lowest BCUT2D eigenvalue weighted by Gasteiger charge is -2.31. The van der Waals surface area contributed by atoms with Crippen LogP contribution in [-0.4, -0.2) is 36.1 Å². The first kappa shape index (κ1) is 12.6. The molecule has 2 heterocycles. The van der Waals surface area contributed by atoms with E-state index in [0.717, 1.165) is 26.2 Å². The summed E-state index contributed by atoms with van der Waals surface area (Å²) in [5, 5.41) is 2.62. The summed E-state index contributed by atoms with van der Waals surface area (Å²) in [5.41, 5.74) is 6.91. The number of nitrogens with zero attached hydrogens (tertiary/aromatic N) is 2. The first-order valence-electron chi connectivity index (χ1n) is 7.14. The third kappa shape index (κ3) is 2.62. The van der Waals surface area contributed by atoms with Gasteiger partial charge < -0.3 is 10.6 Å². The predicted molar refractivity (Wildman–Crippen MR) is 79.2 cm³/mol. The van der Waals surface area contributed by atoms with Gasteiger partial charge in [-0.05, 0) is 37.4 Å². The van der Waals surface area contributed by atoms with Crippen molar-refractivity contribution in [1.29, 1.82) is 0 Å². The summed E-state index contributed by atoms with van der Waals surface area (Å²) < 4.78 is 0. The van der Waals surface area contributed by atoms with Gasteiger partial charge in [0.15, 0.2) is 0 Å². The summed E-state index contributed by atoms with van der Waals surface area (Å²) in [6.45, 7) is 4.08. The Labute approximate surface area is 114 Å². The summed E-state index contributed by atoms with van der Waals surface area (Å²) in [6.07, 6.45) is 4.34. The Hall–Kier alpha value is -1.45. The molecule has 0 spiro atoms. The van der Waals surface area contributed by atoms with Crippen molar-refractivity contribution in [2.45, 2.75) is 18.8 Å². The molecule has 1 aliphatic rings. The van der Waals surface area contributed by atoms with E-state index in [-0.39, 0.29) is 0 Å². The largest absolute Gasteiger partial charge is 0.329 e. The lowest BCUT2D eigenvalue weighted by Crippen LogP contribution is -2.36. The predicted octanol–water partition coefficient (Wildman–Crippen LogP) is 2.37. The number of nitrogens with two attached hydrogens (primary N) is 1. The summed E-state index contributed by atoms with van der Waals surface area (Å²) in [7, 11) is 0. The van der Waals surface area contributed by atoms with E-state index in [9.17, 15) is 0 Å². The van der Waals surface area contributed by atoms with Crippen molar-refractivity contribution < 1.29 is 0 Å². The summed E-state index contributed by atoms with van der Waals surface area (Å²) >= 11 is 0. The molecule has 100 valence electrons. The fourth-order valence-electron chi connectivity index (χ4n) is 3.08. The van der Waals surface area contributed by atoms with E-state index < -0.39 is 0 Å². The minimum Gasteiger partial charge on any atom is -0.329 e. The fraction of sp³-hybridized carbons (Fsp3) is 0.438. The third-order valence-corrected chi connectivity index (χ3v) is 4.12. The molecule has 0 aliphatic carbocycles. The van der Waals surface area contributed by atoms with E-state index >= 15 is 0 Å². The average molecular weight is 255 g/mol. The van der Waals surface area contributed by atoms with Crippen LogP contribution in [0, 0.1) is 0 Å². The molecule has 19 heavy (non-hydrogen) atoms. The van der Waals surface area contributed by atoms with Crippen LogP contribution in [0.25, 0.3) is 10.8 Å². The first-order chi connectivity index (χ1) is 9.38. The fourth-order valence-corrected chi connectivity index (χ4v) is 3.08. The summed E-state index contributed by atoms with van der Waals surface area (Å²) in [6, 6.07) is 10.7. The van der Waals surface area contributed by atoms with Gasteiger partial charge in [-0.15, -0.1) is 0 Å². The van der Waals surface area contributed by atoms with Gasteiger partial charge in [0.1, 0.15) is 0 Å². The molecule has 1 fully saturated rings. The molecule has 2 N–H and O–H groups in total. The number of benzene rings is 1. The molecule has 1 aromatic heterocycles. The smallest absolute Gasteiger partial charge is 0.0513 e. The van der Waals surface area contributed by atoms with E-state index in [4.69, 9.17) is 5.73 Å². The van der Waals surface area contributed by atoms with Crippen molar-refractivity contribution in [2.24, 2.45) is 5.73 Å². The standard InChI is InChI=1S/C16H21N3/c17-8-12-19-10-6-14(7-11-19)16-15-4-2-1-3-13(15)5-9-18-16/h1-5,9,14H,6-8,10-12,17H2. The Morgan fingerprint density at radius 3 is 2.74 bits per heavy atom. The van der Waals surface area contributed by atoms with E-state index in [1.807, 2.05) is 6.20 Å². The van der Waals surface area contributed by atoms with Gasteiger partial charge in [-0.25, -0.2) is 0 Å². The van der Waals surface area contributed by atoms with Gasteiger partial charge in [-0.3, -0.25) is 4.98 Å². The number of piperidine rings is 1. The van der Waals surface area contributed by atoms with Crippen LogP contribution in [0.2, 0.25) is 0 Å². The van der Waals surface area contributed by atoms with E-state index in [2.05, 4.69) is 40.2 Å². The number of fused-ring (bicyclic) bond motifs is 1. The van der Waals surface area contributed by atoms with Crippen LogP contribution < -0.4 is 5.73 Å². The number of hydrogen-bond donors (Lipinski definition) is 1. The van der Waals surface area contributed by atoms with Crippen molar-refractivity contribution in [2.75, 3.05) is 26.2 Å². The molecule has 3 rings (SSSR count). The molecule has 0 unspecified atom stereocenters. The Morgan fingerprint density at radius 1 is 1.16 bits per heavy atom. The van der Waals surface area contributed by atoms with Crippen molar-refractivity contribution in [3.8, 4) is 0 Å². The van der Waals surface area contributed by atoms with E-state index in [1.165, 1.54) is 29.3 Å². The van der Waals surface area contributed by atoms with Gasteiger partial charge in [-0.2, -0.15) is 0 Å². The molecular weight excluding hydrogens is 234 g/mol. The first-order valence-corrected chi connectivity index (χ1v) is 7.14. The number of hydrogen-bond acceptors (Lipinski definition) is 3. The van der Waals surface area contributed by atoms with Crippen LogP contribution in [0.5, 0.6) is 0 Å². The Kier molecular flexibility index (Phi) is 3.76. The maximum atomic E-state index is 5.63. The Morgan fingerprint density at radius 2 is 1.95 bits per heavy atom. The molecular formula is C16H21N3. The Bertz CT molecular complexity index is 539. The van der Waals surface area contributed by atoms with Crippen molar-refractivity contribution in [3.63, 3.8) is 0 Å². The summed E-state index contributed by atoms with van der Waals surface area (Å²) in [4.78, 5) is 7.12. The van der Waals surface area contributed by atoms with Gasteiger partial charge in [0.2, 0.25) is 0 Å². The van der Waals surface area contributed by atoms with Crippen LogP contribution in [0.4, 0.5) is 0 Å². The maximum absolute atomic E-state index is 5.63. The molecule has 2 aromatic rings. The molecule has 1 saturated heterocycles. The van der Waals surface area contributed by atoms with Crippen LogP contribution in [0.15, 0.2) is 36.5 Å². The zero-order valence-electron chi connectivity index (χ0n) is 11.3. The molecule has 1 aromatic carbocycles. The highest BCUT2D eigenvalue weighted by molar-refractivity contribution is 5.84. The number of likely N-dealkylation sites (tertiary alicyclic amines) is 1. The normalized spacial score (nSPS) is 17.9. The second-order valence-electron chi connectivity index (χ2n) is 5.32. The average Bonchev–Trinajstić information content (AvgIpc) is 2.48. The lowest BCUT2D eigenvalue weighted by atomic mass is 9.90. The number of aromatic nitrogens is 1. The van der Waals surface area contributed by atoms with E-state index in [0.29, 0.717) is 5.92 Å². The zero-order chi connectivity index (χ0) is 13.1. The molecule has 0 amide bonds. The molecule has 1 aliphatic heterocycles. The molecule has 0 atom stereocenters.